The molecule has 1 saturated heterocycles. The number of nitrogens with zero attached hydrogens (tertiary/aromatic N) is 4. The van der Waals surface area contributed by atoms with Crippen molar-refractivity contribution >= 4 is 24.9 Å². The van der Waals surface area contributed by atoms with E-state index in [1.54, 1.807) is 4.90 Å². The van der Waals surface area contributed by atoms with E-state index in [0.29, 0.717) is 43.2 Å². The lowest BCUT2D eigenvalue weighted by atomic mass is 9.75. The number of aromatic nitrogens is 2. The summed E-state index contributed by atoms with van der Waals surface area (Å²) in [5, 5.41) is 33.6. The second-order valence-electron chi connectivity index (χ2n) is 8.78. The third-order valence-electron chi connectivity index (χ3n) is 5.66. The molecule has 1 aliphatic heterocycles. The summed E-state index contributed by atoms with van der Waals surface area (Å²) in [5.41, 5.74) is 0.341. The van der Waals surface area contributed by atoms with Crippen LogP contribution >= 0.6 is 0 Å². The number of nitrogens with one attached hydrogen (secondary N) is 2. The van der Waals surface area contributed by atoms with Gasteiger partial charge in [-0.05, 0) is 31.1 Å². The Labute approximate surface area is 182 Å². The van der Waals surface area contributed by atoms with Crippen LogP contribution in [0.4, 0.5) is 5.95 Å². The summed E-state index contributed by atoms with van der Waals surface area (Å²) in [6.45, 7) is 4.47. The Bertz CT molecular complexity index is 824. The van der Waals surface area contributed by atoms with Crippen molar-refractivity contribution in [3.05, 3.63) is 18.0 Å². The molecule has 1 aliphatic carbocycles. The summed E-state index contributed by atoms with van der Waals surface area (Å²) in [6, 6.07) is 0.731. The highest BCUT2D eigenvalue weighted by Crippen LogP contribution is 2.34. The standard InChI is InChI=1S/C20H29BN6O4/c1-12(2)7-17(21(30)31)26-18(28)15(8-13-3-4-13)25-19(29)16-5-6-27(16)20-23-10-14(9-22)11-24-20/h10-13,15-17,30-31H,3-8H2,1-2H3,(H,25,29)(H,26,28). The van der Waals surface area contributed by atoms with Gasteiger partial charge in [-0.2, -0.15) is 5.26 Å². The Balaban J connectivity index is 1.63. The van der Waals surface area contributed by atoms with Crippen molar-refractivity contribution in [3.63, 3.8) is 0 Å². The molecule has 11 heteroatoms. The van der Waals surface area contributed by atoms with Crippen LogP contribution in [0.15, 0.2) is 12.4 Å². The molecular formula is C20H29BN6O4. The molecule has 3 atom stereocenters. The van der Waals surface area contributed by atoms with Gasteiger partial charge < -0.3 is 25.6 Å². The number of hydrogen-bond acceptors (Lipinski definition) is 8. The van der Waals surface area contributed by atoms with E-state index >= 15 is 0 Å². The van der Waals surface area contributed by atoms with Gasteiger partial charge in [-0.25, -0.2) is 9.97 Å². The number of nitriles is 1. The molecule has 0 radical (unpaired) electrons. The molecule has 2 heterocycles. The molecule has 0 aromatic carbocycles. The molecule has 166 valence electrons. The van der Waals surface area contributed by atoms with Gasteiger partial charge in [0.15, 0.2) is 0 Å². The van der Waals surface area contributed by atoms with E-state index in [9.17, 15) is 19.6 Å². The smallest absolute Gasteiger partial charge is 0.426 e. The molecule has 2 fully saturated rings. The van der Waals surface area contributed by atoms with Crippen molar-refractivity contribution in [3.8, 4) is 6.07 Å². The van der Waals surface area contributed by atoms with Crippen LogP contribution in [-0.4, -0.2) is 63.5 Å². The van der Waals surface area contributed by atoms with E-state index in [1.807, 2.05) is 19.9 Å². The highest BCUT2D eigenvalue weighted by molar-refractivity contribution is 6.43. The van der Waals surface area contributed by atoms with Crippen LogP contribution in [0.25, 0.3) is 0 Å². The fraction of sp³-hybridized carbons (Fsp3) is 0.650. The number of carbonyl (C=O) groups is 2. The maximum Gasteiger partial charge on any atom is 0.475 e. The zero-order chi connectivity index (χ0) is 22.5. The molecule has 31 heavy (non-hydrogen) atoms. The molecule has 0 spiro atoms. The number of amides is 2. The fourth-order valence-corrected chi connectivity index (χ4v) is 3.66. The summed E-state index contributed by atoms with van der Waals surface area (Å²) >= 11 is 0. The molecule has 10 nitrogen and oxygen atoms in total. The summed E-state index contributed by atoms with van der Waals surface area (Å²) in [7, 11) is -1.67. The van der Waals surface area contributed by atoms with Crippen LogP contribution in [-0.2, 0) is 9.59 Å². The summed E-state index contributed by atoms with van der Waals surface area (Å²) in [5.74, 6) is -0.561. The van der Waals surface area contributed by atoms with Crippen molar-refractivity contribution in [1.29, 1.82) is 5.26 Å². The van der Waals surface area contributed by atoms with E-state index in [2.05, 4.69) is 20.6 Å². The number of rotatable bonds is 10. The van der Waals surface area contributed by atoms with Crippen molar-refractivity contribution in [2.45, 2.75) is 64.0 Å². The predicted molar refractivity (Wildman–Crippen MR) is 113 cm³/mol. The summed E-state index contributed by atoms with van der Waals surface area (Å²) in [6.07, 6.45) is 6.41. The van der Waals surface area contributed by atoms with Gasteiger partial charge in [-0.3, -0.25) is 9.59 Å². The first-order valence-electron chi connectivity index (χ1n) is 10.7. The van der Waals surface area contributed by atoms with Crippen LogP contribution in [0.1, 0.15) is 51.5 Å². The number of hydrogen-bond donors (Lipinski definition) is 4. The fourth-order valence-electron chi connectivity index (χ4n) is 3.66. The SMILES string of the molecule is CC(C)CC(NC(=O)C(CC1CC1)NC(=O)C1CCN1c1ncc(C#N)cn1)B(O)O. The lowest BCUT2D eigenvalue weighted by Crippen LogP contribution is -2.61. The third-order valence-corrected chi connectivity index (χ3v) is 5.66. The van der Waals surface area contributed by atoms with E-state index < -0.39 is 31.1 Å². The lowest BCUT2D eigenvalue weighted by molar-refractivity contribution is -0.130. The van der Waals surface area contributed by atoms with Gasteiger partial charge in [0.1, 0.15) is 18.2 Å². The van der Waals surface area contributed by atoms with Gasteiger partial charge >= 0.3 is 7.12 Å². The minimum atomic E-state index is -1.67. The quantitative estimate of drug-likeness (QED) is 0.373. The van der Waals surface area contributed by atoms with Crippen LogP contribution in [0, 0.1) is 23.2 Å². The van der Waals surface area contributed by atoms with Gasteiger partial charge in [0, 0.05) is 6.54 Å². The van der Waals surface area contributed by atoms with Crippen LogP contribution in [0.2, 0.25) is 0 Å². The Hall–Kier alpha value is -2.71. The van der Waals surface area contributed by atoms with Crippen LogP contribution in [0.3, 0.4) is 0 Å². The minimum Gasteiger partial charge on any atom is -0.426 e. The third kappa shape index (κ3) is 6.15. The zero-order valence-corrected chi connectivity index (χ0v) is 17.9. The van der Waals surface area contributed by atoms with Crippen LogP contribution in [0.5, 0.6) is 0 Å². The van der Waals surface area contributed by atoms with Gasteiger partial charge in [0.05, 0.1) is 23.9 Å². The second-order valence-corrected chi connectivity index (χ2v) is 8.78. The van der Waals surface area contributed by atoms with E-state index in [1.165, 1.54) is 12.4 Å². The van der Waals surface area contributed by atoms with Gasteiger partial charge in [-0.1, -0.05) is 26.7 Å². The monoisotopic (exact) mass is 428 g/mol. The van der Waals surface area contributed by atoms with Crippen molar-refractivity contribution in [2.24, 2.45) is 11.8 Å². The first kappa shape index (κ1) is 23.0. The predicted octanol–water partition coefficient (Wildman–Crippen LogP) is -0.245. The molecule has 1 saturated carbocycles. The molecule has 3 unspecified atom stereocenters. The lowest BCUT2D eigenvalue weighted by Gasteiger charge is -2.40. The molecular weight excluding hydrogens is 399 g/mol. The molecule has 2 aliphatic rings. The Morgan fingerprint density at radius 2 is 1.94 bits per heavy atom. The molecule has 1 aromatic heterocycles. The average Bonchev–Trinajstić information content (AvgIpc) is 3.50. The molecule has 2 amide bonds. The molecule has 1 aromatic rings. The topological polar surface area (TPSA) is 151 Å². The van der Waals surface area contributed by atoms with Gasteiger partial charge in [0.2, 0.25) is 17.8 Å². The van der Waals surface area contributed by atoms with E-state index in [-0.39, 0.29) is 11.8 Å². The first-order valence-corrected chi connectivity index (χ1v) is 10.7. The van der Waals surface area contributed by atoms with E-state index in [0.717, 1.165) is 12.8 Å². The summed E-state index contributed by atoms with van der Waals surface area (Å²) in [4.78, 5) is 35.8. The average molecular weight is 428 g/mol. The Morgan fingerprint density at radius 3 is 2.42 bits per heavy atom. The number of anilines is 1. The summed E-state index contributed by atoms with van der Waals surface area (Å²) < 4.78 is 0. The first-order chi connectivity index (χ1) is 14.8. The zero-order valence-electron chi connectivity index (χ0n) is 17.9. The maximum absolute atomic E-state index is 12.9. The van der Waals surface area contributed by atoms with Crippen molar-refractivity contribution in [1.82, 2.24) is 20.6 Å². The Morgan fingerprint density at radius 1 is 1.26 bits per heavy atom. The van der Waals surface area contributed by atoms with E-state index in [4.69, 9.17) is 5.26 Å². The second kappa shape index (κ2) is 10.1. The van der Waals surface area contributed by atoms with Crippen molar-refractivity contribution in [2.75, 3.05) is 11.4 Å². The van der Waals surface area contributed by atoms with Gasteiger partial charge in [-0.15, -0.1) is 0 Å². The highest BCUT2D eigenvalue weighted by atomic mass is 16.4. The van der Waals surface area contributed by atoms with Crippen molar-refractivity contribution < 1.29 is 19.6 Å². The minimum absolute atomic E-state index is 0.166. The maximum atomic E-state index is 12.9. The highest BCUT2D eigenvalue weighted by Gasteiger charge is 2.39. The molecule has 3 rings (SSSR count). The normalized spacial score (nSPS) is 19.7. The Kier molecular flexibility index (Phi) is 7.46. The molecule has 0 bridgehead atoms. The molecule has 4 N–H and O–H groups in total. The van der Waals surface area contributed by atoms with Crippen LogP contribution < -0.4 is 15.5 Å². The largest absolute Gasteiger partial charge is 0.475 e. The van der Waals surface area contributed by atoms with Gasteiger partial charge in [0.25, 0.3) is 0 Å². The number of carbonyl (C=O) groups excluding carboxylic acids is 2.